The summed E-state index contributed by atoms with van der Waals surface area (Å²) < 4.78 is 0. The summed E-state index contributed by atoms with van der Waals surface area (Å²) in [5.74, 6) is 0. The second-order valence-electron chi connectivity index (χ2n) is 3.56. The minimum Gasteiger partial charge on any atom is -0.296 e. The predicted molar refractivity (Wildman–Crippen MR) is 43.0 cm³/mol. The van der Waals surface area contributed by atoms with Crippen molar-refractivity contribution in [2.45, 2.75) is 31.7 Å². The molecule has 0 spiro atoms. The highest BCUT2D eigenvalue weighted by atomic mass is 15.2. The third kappa shape index (κ3) is 0.988. The van der Waals surface area contributed by atoms with Crippen molar-refractivity contribution in [3.63, 3.8) is 0 Å². The van der Waals surface area contributed by atoms with Crippen LogP contribution in [0.3, 0.4) is 0 Å². The van der Waals surface area contributed by atoms with E-state index >= 15 is 0 Å². The van der Waals surface area contributed by atoms with Crippen LogP contribution in [-0.4, -0.2) is 24.0 Å². The zero-order chi connectivity index (χ0) is 6.97. The number of hydrogen-bond donors (Lipinski definition) is 0. The Balaban J connectivity index is 2.03. The molecule has 0 aromatic heterocycles. The van der Waals surface area contributed by atoms with Crippen molar-refractivity contribution in [1.82, 2.24) is 4.90 Å². The van der Waals surface area contributed by atoms with Gasteiger partial charge in [-0.2, -0.15) is 0 Å². The van der Waals surface area contributed by atoms with Crippen LogP contribution in [0.4, 0.5) is 0 Å². The van der Waals surface area contributed by atoms with E-state index in [0.29, 0.717) is 0 Å². The Kier molecular flexibility index (Phi) is 1.53. The second kappa shape index (κ2) is 2.39. The molecule has 0 radical (unpaired) electrons. The van der Waals surface area contributed by atoms with E-state index in [1.807, 2.05) is 0 Å². The van der Waals surface area contributed by atoms with Gasteiger partial charge in [0, 0.05) is 12.6 Å². The molecule has 0 aromatic rings. The lowest BCUT2D eigenvalue weighted by Crippen LogP contribution is -2.34. The van der Waals surface area contributed by atoms with Crippen molar-refractivity contribution >= 4 is 0 Å². The van der Waals surface area contributed by atoms with Gasteiger partial charge in [-0.15, -0.1) is 0 Å². The van der Waals surface area contributed by atoms with Crippen LogP contribution >= 0.6 is 0 Å². The first kappa shape index (κ1) is 6.41. The highest BCUT2D eigenvalue weighted by molar-refractivity contribution is 5.04. The van der Waals surface area contributed by atoms with Crippen LogP contribution in [0.2, 0.25) is 0 Å². The largest absolute Gasteiger partial charge is 0.296 e. The highest BCUT2D eigenvalue weighted by Crippen LogP contribution is 2.28. The van der Waals surface area contributed by atoms with Crippen molar-refractivity contribution < 1.29 is 0 Å². The van der Waals surface area contributed by atoms with Crippen molar-refractivity contribution in [2.75, 3.05) is 13.1 Å². The van der Waals surface area contributed by atoms with Gasteiger partial charge in [0.25, 0.3) is 0 Å². The Morgan fingerprint density at radius 2 is 2.30 bits per heavy atom. The number of hydrogen-bond acceptors (Lipinski definition) is 1. The maximum Gasteiger partial charge on any atom is 0.0193 e. The zero-order valence-electron chi connectivity index (χ0n) is 6.47. The van der Waals surface area contributed by atoms with Crippen molar-refractivity contribution in [3.8, 4) is 0 Å². The molecule has 0 aromatic carbocycles. The first-order chi connectivity index (χ1) is 4.86. The molecule has 2 saturated heterocycles. The quantitative estimate of drug-likeness (QED) is 0.460. The van der Waals surface area contributed by atoms with Crippen LogP contribution in [0.15, 0.2) is 12.2 Å². The van der Waals surface area contributed by atoms with Crippen LogP contribution in [0.25, 0.3) is 0 Å². The van der Waals surface area contributed by atoms with E-state index in [2.05, 4.69) is 11.5 Å². The fraction of sp³-hybridized carbons (Fsp3) is 0.778. The molecule has 0 aliphatic carbocycles. The molecule has 10 heavy (non-hydrogen) atoms. The third-order valence-electron chi connectivity index (χ3n) is 2.76. The Morgan fingerprint density at radius 3 is 3.20 bits per heavy atom. The lowest BCUT2D eigenvalue weighted by Gasteiger charge is -2.30. The zero-order valence-corrected chi connectivity index (χ0v) is 6.47. The molecule has 0 bridgehead atoms. The topological polar surface area (TPSA) is 3.24 Å². The number of nitrogens with zero attached hydrogens (tertiary/aromatic N) is 1. The lowest BCUT2D eigenvalue weighted by molar-refractivity contribution is 0.234. The van der Waals surface area contributed by atoms with Crippen molar-refractivity contribution in [1.29, 1.82) is 0 Å². The van der Waals surface area contributed by atoms with Gasteiger partial charge in [-0.1, -0.05) is 12.2 Å². The molecule has 1 heteroatoms. The van der Waals surface area contributed by atoms with Crippen molar-refractivity contribution in [3.05, 3.63) is 12.2 Å². The maximum absolute atomic E-state index is 4.03. The van der Waals surface area contributed by atoms with Gasteiger partial charge in [-0.25, -0.2) is 0 Å². The normalized spacial score (nSPS) is 34.4. The minimum absolute atomic E-state index is 0.922. The van der Waals surface area contributed by atoms with Crippen LogP contribution in [-0.2, 0) is 0 Å². The molecule has 0 saturated carbocycles. The smallest absolute Gasteiger partial charge is 0.0193 e. The summed E-state index contributed by atoms with van der Waals surface area (Å²) in [6.07, 6.45) is 5.51. The summed E-state index contributed by atoms with van der Waals surface area (Å²) in [4.78, 5) is 2.59. The summed E-state index contributed by atoms with van der Waals surface area (Å²) in [6.45, 7) is 6.54. The second-order valence-corrected chi connectivity index (χ2v) is 3.56. The van der Waals surface area contributed by atoms with Crippen molar-refractivity contribution in [2.24, 2.45) is 0 Å². The van der Waals surface area contributed by atoms with E-state index in [0.717, 1.165) is 6.04 Å². The Morgan fingerprint density at radius 1 is 1.40 bits per heavy atom. The molecule has 2 fully saturated rings. The molecule has 2 rings (SSSR count). The summed E-state index contributed by atoms with van der Waals surface area (Å²) in [6, 6.07) is 0.922. The molecule has 1 atom stereocenters. The van der Waals surface area contributed by atoms with Gasteiger partial charge in [0.15, 0.2) is 0 Å². The maximum atomic E-state index is 4.03. The van der Waals surface area contributed by atoms with Crippen LogP contribution in [0.5, 0.6) is 0 Å². The summed E-state index contributed by atoms with van der Waals surface area (Å²) in [5.41, 5.74) is 1.44. The first-order valence-electron chi connectivity index (χ1n) is 4.27. The Bertz CT molecular complexity index is 151. The third-order valence-corrected chi connectivity index (χ3v) is 2.76. The van der Waals surface area contributed by atoms with Gasteiger partial charge in [0.05, 0.1) is 0 Å². The fourth-order valence-electron chi connectivity index (χ4n) is 2.17. The van der Waals surface area contributed by atoms with Crippen LogP contribution in [0, 0.1) is 0 Å². The fourth-order valence-corrected chi connectivity index (χ4v) is 2.17. The van der Waals surface area contributed by atoms with Gasteiger partial charge >= 0.3 is 0 Å². The van der Waals surface area contributed by atoms with E-state index in [1.54, 1.807) is 0 Å². The molecule has 1 unspecified atom stereocenters. The molecule has 1 nitrogen and oxygen atoms in total. The monoisotopic (exact) mass is 137 g/mol. The summed E-state index contributed by atoms with van der Waals surface area (Å²) >= 11 is 0. The number of rotatable bonds is 0. The summed E-state index contributed by atoms with van der Waals surface area (Å²) in [5, 5.41) is 0. The molecule has 2 heterocycles. The average molecular weight is 137 g/mol. The SMILES string of the molecule is C=C1CCC2CCCN2C1. The Labute approximate surface area is 62.7 Å². The predicted octanol–water partition coefficient (Wildman–Crippen LogP) is 1.80. The summed E-state index contributed by atoms with van der Waals surface area (Å²) in [7, 11) is 0. The molecule has 0 amide bonds. The standard InChI is InChI=1S/C9H15N/c1-8-4-5-9-3-2-6-10(9)7-8/h9H,1-7H2. The lowest BCUT2D eigenvalue weighted by atomic mass is 10.00. The molecule has 2 aliphatic rings. The number of piperidine rings is 1. The Hall–Kier alpha value is -0.300. The van der Waals surface area contributed by atoms with Gasteiger partial charge < -0.3 is 0 Å². The van der Waals surface area contributed by atoms with E-state index < -0.39 is 0 Å². The minimum atomic E-state index is 0.922. The number of fused-ring (bicyclic) bond motifs is 1. The molecule has 56 valence electrons. The van der Waals surface area contributed by atoms with Gasteiger partial charge in [0.2, 0.25) is 0 Å². The molecular weight excluding hydrogens is 122 g/mol. The van der Waals surface area contributed by atoms with E-state index in [1.165, 1.54) is 44.3 Å². The van der Waals surface area contributed by atoms with Gasteiger partial charge in [-0.05, 0) is 32.2 Å². The molecular formula is C9H15N. The van der Waals surface area contributed by atoms with Crippen LogP contribution in [0.1, 0.15) is 25.7 Å². The first-order valence-corrected chi connectivity index (χ1v) is 4.27. The molecule has 2 aliphatic heterocycles. The van der Waals surface area contributed by atoms with Gasteiger partial charge in [0.1, 0.15) is 0 Å². The van der Waals surface area contributed by atoms with E-state index in [9.17, 15) is 0 Å². The molecule has 0 N–H and O–H groups in total. The van der Waals surface area contributed by atoms with Crippen LogP contribution < -0.4 is 0 Å². The highest BCUT2D eigenvalue weighted by Gasteiger charge is 2.27. The van der Waals surface area contributed by atoms with Gasteiger partial charge in [-0.3, -0.25) is 4.90 Å². The van der Waals surface area contributed by atoms with E-state index in [-0.39, 0.29) is 0 Å². The van der Waals surface area contributed by atoms with E-state index in [4.69, 9.17) is 0 Å². The average Bonchev–Trinajstić information content (AvgIpc) is 2.33.